The van der Waals surface area contributed by atoms with Crippen LogP contribution >= 0.6 is 11.6 Å². The SMILES string of the molecule is CCCNC(=O)c1c(NC(=O)c2ccnn2COc2ccc(Cl)cc2)cnn1C. The summed E-state index contributed by atoms with van der Waals surface area (Å²) in [5, 5.41) is 14.3. The van der Waals surface area contributed by atoms with Gasteiger partial charge in [-0.2, -0.15) is 10.2 Å². The Morgan fingerprint density at radius 1 is 1.14 bits per heavy atom. The topological polar surface area (TPSA) is 103 Å². The molecule has 0 radical (unpaired) electrons. The summed E-state index contributed by atoms with van der Waals surface area (Å²) >= 11 is 5.86. The second kappa shape index (κ2) is 9.24. The van der Waals surface area contributed by atoms with Crippen LogP contribution in [0, 0.1) is 0 Å². The van der Waals surface area contributed by atoms with Crippen LogP contribution in [0.3, 0.4) is 0 Å². The maximum absolute atomic E-state index is 12.7. The molecular weight excluding hydrogens is 396 g/mol. The van der Waals surface area contributed by atoms with Crippen molar-refractivity contribution in [3.63, 3.8) is 0 Å². The first-order valence-electron chi connectivity index (χ1n) is 9.01. The lowest BCUT2D eigenvalue weighted by Crippen LogP contribution is -2.28. The number of carbonyl (C=O) groups is 2. The number of rotatable bonds is 8. The van der Waals surface area contributed by atoms with Gasteiger partial charge in [-0.1, -0.05) is 18.5 Å². The van der Waals surface area contributed by atoms with E-state index >= 15 is 0 Å². The van der Waals surface area contributed by atoms with E-state index in [0.29, 0.717) is 23.0 Å². The minimum absolute atomic E-state index is 0.0360. The fourth-order valence-corrected chi connectivity index (χ4v) is 2.73. The van der Waals surface area contributed by atoms with Crippen LogP contribution in [-0.2, 0) is 13.8 Å². The normalized spacial score (nSPS) is 10.6. The molecule has 3 aromatic rings. The lowest BCUT2D eigenvalue weighted by molar-refractivity contribution is 0.0945. The number of hydrogen-bond donors (Lipinski definition) is 2. The largest absolute Gasteiger partial charge is 0.471 e. The van der Waals surface area contributed by atoms with Crippen LogP contribution in [0.2, 0.25) is 5.02 Å². The number of nitrogens with one attached hydrogen (secondary N) is 2. The molecule has 29 heavy (non-hydrogen) atoms. The third kappa shape index (κ3) is 4.94. The van der Waals surface area contributed by atoms with Crippen LogP contribution in [0.5, 0.6) is 5.75 Å². The predicted octanol–water partition coefficient (Wildman–Crippen LogP) is 2.70. The van der Waals surface area contributed by atoms with Gasteiger partial charge >= 0.3 is 0 Å². The zero-order chi connectivity index (χ0) is 20.8. The minimum Gasteiger partial charge on any atom is -0.471 e. The third-order valence-electron chi connectivity index (χ3n) is 4.05. The second-order valence-corrected chi connectivity index (χ2v) is 6.62. The summed E-state index contributed by atoms with van der Waals surface area (Å²) in [5.41, 5.74) is 0.871. The molecule has 2 N–H and O–H groups in total. The molecule has 9 nitrogen and oxygen atoms in total. The highest BCUT2D eigenvalue weighted by Gasteiger charge is 2.20. The average molecular weight is 417 g/mol. The van der Waals surface area contributed by atoms with E-state index in [1.54, 1.807) is 37.4 Å². The molecule has 2 heterocycles. The molecule has 0 atom stereocenters. The Labute approximate surface area is 172 Å². The number of anilines is 1. The van der Waals surface area contributed by atoms with Gasteiger partial charge < -0.3 is 15.4 Å². The molecule has 10 heteroatoms. The van der Waals surface area contributed by atoms with Crippen LogP contribution in [0.15, 0.2) is 42.7 Å². The van der Waals surface area contributed by atoms with Gasteiger partial charge in [0.15, 0.2) is 6.73 Å². The molecular formula is C19H21ClN6O3. The smallest absolute Gasteiger partial charge is 0.274 e. The summed E-state index contributed by atoms with van der Waals surface area (Å²) in [6, 6.07) is 8.43. The number of halogens is 1. The number of hydrogen-bond acceptors (Lipinski definition) is 5. The monoisotopic (exact) mass is 416 g/mol. The van der Waals surface area contributed by atoms with Gasteiger partial charge in [0.05, 0.1) is 11.9 Å². The van der Waals surface area contributed by atoms with Crippen molar-refractivity contribution in [3.8, 4) is 5.75 Å². The number of ether oxygens (including phenoxy) is 1. The van der Waals surface area contributed by atoms with Gasteiger partial charge in [-0.3, -0.25) is 14.3 Å². The Morgan fingerprint density at radius 2 is 1.90 bits per heavy atom. The van der Waals surface area contributed by atoms with Crippen molar-refractivity contribution in [2.75, 3.05) is 11.9 Å². The number of nitrogens with zero attached hydrogens (tertiary/aromatic N) is 4. The fourth-order valence-electron chi connectivity index (χ4n) is 2.60. The summed E-state index contributed by atoms with van der Waals surface area (Å²) < 4.78 is 8.47. The molecule has 0 bridgehead atoms. The highest BCUT2D eigenvalue weighted by molar-refractivity contribution is 6.30. The van der Waals surface area contributed by atoms with Crippen LogP contribution < -0.4 is 15.4 Å². The molecule has 0 unspecified atom stereocenters. The number of benzene rings is 1. The van der Waals surface area contributed by atoms with Crippen LogP contribution in [0.1, 0.15) is 34.3 Å². The van der Waals surface area contributed by atoms with Crippen LogP contribution in [-0.4, -0.2) is 37.9 Å². The average Bonchev–Trinajstić information content (AvgIpc) is 3.32. The molecule has 0 aliphatic carbocycles. The highest BCUT2D eigenvalue weighted by atomic mass is 35.5. The Kier molecular flexibility index (Phi) is 6.50. The minimum atomic E-state index is -0.431. The van der Waals surface area contributed by atoms with Gasteiger partial charge in [-0.25, -0.2) is 4.68 Å². The van der Waals surface area contributed by atoms with E-state index < -0.39 is 5.91 Å². The first-order chi connectivity index (χ1) is 14.0. The quantitative estimate of drug-likeness (QED) is 0.587. The van der Waals surface area contributed by atoms with E-state index in [0.717, 1.165) is 6.42 Å². The van der Waals surface area contributed by atoms with Crippen molar-refractivity contribution < 1.29 is 14.3 Å². The number of amides is 2. The van der Waals surface area contributed by atoms with Crippen molar-refractivity contribution >= 4 is 29.1 Å². The summed E-state index contributed by atoms with van der Waals surface area (Å²) in [5.74, 6) is -0.139. The predicted molar refractivity (Wildman–Crippen MR) is 108 cm³/mol. The van der Waals surface area contributed by atoms with Crippen molar-refractivity contribution in [2.45, 2.75) is 20.1 Å². The number of aromatic nitrogens is 4. The second-order valence-electron chi connectivity index (χ2n) is 6.18. The molecule has 0 fully saturated rings. The molecule has 0 spiro atoms. The zero-order valence-electron chi connectivity index (χ0n) is 16.1. The van der Waals surface area contributed by atoms with Gasteiger partial charge in [0.1, 0.15) is 17.1 Å². The molecule has 2 amide bonds. The first kappa shape index (κ1) is 20.4. The van der Waals surface area contributed by atoms with Crippen molar-refractivity contribution in [1.29, 1.82) is 0 Å². The third-order valence-corrected chi connectivity index (χ3v) is 4.31. The molecule has 1 aromatic carbocycles. The maximum atomic E-state index is 12.7. The molecule has 2 aromatic heterocycles. The molecule has 0 saturated heterocycles. The van der Waals surface area contributed by atoms with Crippen LogP contribution in [0.25, 0.3) is 0 Å². The highest BCUT2D eigenvalue weighted by Crippen LogP contribution is 2.17. The molecule has 3 rings (SSSR count). The lowest BCUT2D eigenvalue weighted by atomic mass is 10.3. The Balaban J connectivity index is 1.70. The molecule has 0 aliphatic rings. The van der Waals surface area contributed by atoms with E-state index in [4.69, 9.17) is 16.3 Å². The van der Waals surface area contributed by atoms with Gasteiger partial charge in [-0.15, -0.1) is 0 Å². The van der Waals surface area contributed by atoms with Gasteiger partial charge in [0, 0.05) is 24.8 Å². The van der Waals surface area contributed by atoms with Crippen molar-refractivity contribution in [1.82, 2.24) is 24.9 Å². The Hall–Kier alpha value is -3.33. The molecule has 0 aliphatic heterocycles. The molecule has 152 valence electrons. The first-order valence-corrected chi connectivity index (χ1v) is 9.39. The standard InChI is InChI=1S/C19H21ClN6O3/c1-3-9-21-19(28)17-15(11-23-25(17)2)24-18(27)16-8-10-22-26(16)12-29-14-6-4-13(20)5-7-14/h4-8,10-11H,3,9,12H2,1-2H3,(H,21,28)(H,24,27). The summed E-state index contributed by atoms with van der Waals surface area (Å²) in [7, 11) is 1.64. The van der Waals surface area contributed by atoms with Gasteiger partial charge in [0.2, 0.25) is 0 Å². The lowest BCUT2D eigenvalue weighted by Gasteiger charge is -2.11. The van der Waals surface area contributed by atoms with Gasteiger partial charge in [0.25, 0.3) is 11.8 Å². The number of carbonyl (C=O) groups excluding carboxylic acids is 2. The Bertz CT molecular complexity index is 996. The van der Waals surface area contributed by atoms with Gasteiger partial charge in [-0.05, 0) is 36.8 Å². The summed E-state index contributed by atoms with van der Waals surface area (Å²) in [6.45, 7) is 2.53. The van der Waals surface area contributed by atoms with Crippen molar-refractivity contribution in [3.05, 3.63) is 59.1 Å². The fraction of sp³-hybridized carbons (Fsp3) is 0.263. The van der Waals surface area contributed by atoms with Crippen molar-refractivity contribution in [2.24, 2.45) is 7.05 Å². The summed E-state index contributed by atoms with van der Waals surface area (Å²) in [6.07, 6.45) is 3.74. The summed E-state index contributed by atoms with van der Waals surface area (Å²) in [4.78, 5) is 25.1. The van der Waals surface area contributed by atoms with Crippen LogP contribution in [0.4, 0.5) is 5.69 Å². The maximum Gasteiger partial charge on any atom is 0.274 e. The number of aryl methyl sites for hydroxylation is 1. The van der Waals surface area contributed by atoms with E-state index in [-0.39, 0.29) is 24.0 Å². The van der Waals surface area contributed by atoms with E-state index in [1.165, 1.54) is 21.8 Å². The van der Waals surface area contributed by atoms with E-state index in [1.807, 2.05) is 6.92 Å². The van der Waals surface area contributed by atoms with E-state index in [2.05, 4.69) is 20.8 Å². The molecule has 0 saturated carbocycles. The van der Waals surface area contributed by atoms with E-state index in [9.17, 15) is 9.59 Å². The Morgan fingerprint density at radius 3 is 2.62 bits per heavy atom. The zero-order valence-corrected chi connectivity index (χ0v) is 16.8.